The second-order valence-electron chi connectivity index (χ2n) is 5.78. The second-order valence-corrected chi connectivity index (χ2v) is 5.78. The number of nitrogens with zero attached hydrogens (tertiary/aromatic N) is 1. The van der Waals surface area contributed by atoms with E-state index in [1.807, 2.05) is 12.1 Å². The number of aromatic nitrogens is 1. The van der Waals surface area contributed by atoms with Gasteiger partial charge in [0.05, 0.1) is 30.3 Å². The van der Waals surface area contributed by atoms with Crippen molar-refractivity contribution < 1.29 is 9.84 Å². The van der Waals surface area contributed by atoms with E-state index in [1.165, 1.54) is 27.7 Å². The van der Waals surface area contributed by atoms with Crippen molar-refractivity contribution in [3.63, 3.8) is 0 Å². The van der Waals surface area contributed by atoms with Crippen LogP contribution in [-0.4, -0.2) is 16.6 Å². The number of pyridine rings is 1. The first-order chi connectivity index (χ1) is 11.3. The van der Waals surface area contributed by atoms with E-state index in [2.05, 4.69) is 47.7 Å². The van der Waals surface area contributed by atoms with E-state index in [4.69, 9.17) is 4.74 Å². The normalized spacial score (nSPS) is 11.6. The van der Waals surface area contributed by atoms with Gasteiger partial charge in [0.2, 0.25) is 0 Å². The molecule has 1 aromatic carbocycles. The summed E-state index contributed by atoms with van der Waals surface area (Å²) in [5, 5.41) is 9.67. The summed E-state index contributed by atoms with van der Waals surface area (Å²) in [6.07, 6.45) is 0.969. The lowest BCUT2D eigenvalue weighted by molar-refractivity contribution is 0.283. The summed E-state index contributed by atoms with van der Waals surface area (Å²) in [6.45, 7) is 2.25. The molecule has 0 spiro atoms. The van der Waals surface area contributed by atoms with Crippen molar-refractivity contribution in [1.29, 1.82) is 0 Å². The van der Waals surface area contributed by atoms with Gasteiger partial charge in [-0.2, -0.15) is 0 Å². The fourth-order valence-electron chi connectivity index (χ4n) is 3.59. The monoisotopic (exact) mass is 305 g/mol. The Hall–Kier alpha value is -2.52. The number of hydrogen-bond donors (Lipinski definition) is 1. The van der Waals surface area contributed by atoms with Crippen molar-refractivity contribution in [1.82, 2.24) is 4.40 Å². The summed E-state index contributed by atoms with van der Waals surface area (Å²) >= 11 is 0. The van der Waals surface area contributed by atoms with E-state index >= 15 is 0 Å². The van der Waals surface area contributed by atoms with Crippen molar-refractivity contribution in [2.45, 2.75) is 20.0 Å². The van der Waals surface area contributed by atoms with E-state index in [0.717, 1.165) is 23.3 Å². The highest BCUT2D eigenvalue weighted by molar-refractivity contribution is 5.96. The maximum Gasteiger partial charge on any atom is 0.118 e. The van der Waals surface area contributed by atoms with E-state index in [1.54, 1.807) is 7.11 Å². The lowest BCUT2D eigenvalue weighted by Gasteiger charge is -2.05. The molecular weight excluding hydrogens is 286 g/mol. The Morgan fingerprint density at radius 2 is 1.74 bits per heavy atom. The highest BCUT2D eigenvalue weighted by Gasteiger charge is 2.19. The van der Waals surface area contributed by atoms with Gasteiger partial charge in [-0.3, -0.25) is 0 Å². The van der Waals surface area contributed by atoms with Gasteiger partial charge in [-0.05, 0) is 47.9 Å². The van der Waals surface area contributed by atoms with Crippen molar-refractivity contribution in [3.8, 4) is 16.9 Å². The predicted molar refractivity (Wildman–Crippen MR) is 93.4 cm³/mol. The minimum absolute atomic E-state index is 0.0598. The Morgan fingerprint density at radius 3 is 2.39 bits per heavy atom. The fraction of sp³-hybridized carbons (Fsp3) is 0.200. The first kappa shape index (κ1) is 14.1. The summed E-state index contributed by atoms with van der Waals surface area (Å²) in [6, 6.07) is 16.6. The molecule has 4 aromatic rings. The van der Waals surface area contributed by atoms with Gasteiger partial charge in [-0.25, -0.2) is 0 Å². The number of hydrogen-bond acceptors (Lipinski definition) is 2. The second kappa shape index (κ2) is 5.28. The molecule has 0 aliphatic rings. The maximum absolute atomic E-state index is 9.67. The number of methoxy groups -OCH3 is 1. The standard InChI is InChI=1S/C20H19NO2/c1-3-16-18-6-4-5-17-14(12-22)11-19(21(17)18)20(16)13-7-9-15(23-2)10-8-13/h4-11,22H,3,12H2,1-2H3. The van der Waals surface area contributed by atoms with Gasteiger partial charge >= 0.3 is 0 Å². The number of aliphatic hydroxyl groups excluding tert-OH is 1. The van der Waals surface area contributed by atoms with Crippen molar-refractivity contribution >= 4 is 16.6 Å². The lowest BCUT2D eigenvalue weighted by Crippen LogP contribution is -1.88. The van der Waals surface area contributed by atoms with Crippen LogP contribution in [0.1, 0.15) is 18.1 Å². The van der Waals surface area contributed by atoms with Crippen molar-refractivity contribution in [3.05, 3.63) is 59.7 Å². The number of aliphatic hydroxyl groups is 1. The molecular formula is C20H19NO2. The highest BCUT2D eigenvalue weighted by Crippen LogP contribution is 2.38. The molecule has 3 heteroatoms. The molecule has 0 saturated heterocycles. The molecule has 3 heterocycles. The first-order valence-electron chi connectivity index (χ1n) is 7.91. The summed E-state index contributed by atoms with van der Waals surface area (Å²) < 4.78 is 7.54. The van der Waals surface area contributed by atoms with E-state index in [0.29, 0.717) is 0 Å². The molecule has 0 fully saturated rings. The molecule has 0 amide bonds. The SMILES string of the molecule is CCc1c(-c2ccc(OC)cc2)c2cc(CO)c3cccc1n32. The third kappa shape index (κ3) is 1.93. The van der Waals surface area contributed by atoms with E-state index < -0.39 is 0 Å². The minimum Gasteiger partial charge on any atom is -0.497 e. The largest absolute Gasteiger partial charge is 0.497 e. The Kier molecular flexibility index (Phi) is 3.24. The Labute approximate surface area is 135 Å². The van der Waals surface area contributed by atoms with Gasteiger partial charge < -0.3 is 14.2 Å². The molecule has 0 aliphatic heterocycles. The maximum atomic E-state index is 9.67. The van der Waals surface area contributed by atoms with Gasteiger partial charge in [-0.1, -0.05) is 25.1 Å². The van der Waals surface area contributed by atoms with Crippen LogP contribution in [0, 0.1) is 0 Å². The summed E-state index contributed by atoms with van der Waals surface area (Å²) in [5.41, 5.74) is 8.25. The smallest absolute Gasteiger partial charge is 0.118 e. The molecule has 116 valence electrons. The van der Waals surface area contributed by atoms with Gasteiger partial charge in [0.1, 0.15) is 5.75 Å². The lowest BCUT2D eigenvalue weighted by atomic mass is 9.99. The molecule has 0 atom stereocenters. The van der Waals surface area contributed by atoms with Gasteiger partial charge in [0, 0.05) is 11.1 Å². The summed E-state index contributed by atoms with van der Waals surface area (Å²) in [5.74, 6) is 0.860. The molecule has 0 unspecified atom stereocenters. The zero-order valence-corrected chi connectivity index (χ0v) is 13.3. The average molecular weight is 305 g/mol. The quantitative estimate of drug-likeness (QED) is 0.611. The summed E-state index contributed by atoms with van der Waals surface area (Å²) in [4.78, 5) is 0. The van der Waals surface area contributed by atoms with Crippen LogP contribution in [0.4, 0.5) is 0 Å². The number of rotatable bonds is 4. The molecule has 0 saturated carbocycles. The Balaban J connectivity index is 2.08. The molecule has 23 heavy (non-hydrogen) atoms. The molecule has 4 rings (SSSR count). The fourth-order valence-corrected chi connectivity index (χ4v) is 3.59. The first-order valence-corrected chi connectivity index (χ1v) is 7.91. The third-order valence-corrected chi connectivity index (χ3v) is 4.64. The van der Waals surface area contributed by atoms with E-state index in [9.17, 15) is 5.11 Å². The molecule has 0 radical (unpaired) electrons. The molecule has 0 aliphatic carbocycles. The van der Waals surface area contributed by atoms with Crippen LogP contribution in [0.5, 0.6) is 5.75 Å². The van der Waals surface area contributed by atoms with E-state index in [-0.39, 0.29) is 6.61 Å². The van der Waals surface area contributed by atoms with Crippen LogP contribution in [0.25, 0.3) is 27.7 Å². The topological polar surface area (TPSA) is 33.9 Å². The van der Waals surface area contributed by atoms with Crippen LogP contribution < -0.4 is 4.74 Å². The minimum atomic E-state index is 0.0598. The van der Waals surface area contributed by atoms with Crippen LogP contribution in [0.3, 0.4) is 0 Å². The van der Waals surface area contributed by atoms with Gasteiger partial charge in [-0.15, -0.1) is 0 Å². The molecule has 3 aromatic heterocycles. The number of ether oxygens (including phenoxy) is 1. The number of benzene rings is 1. The zero-order chi connectivity index (χ0) is 16.0. The Morgan fingerprint density at radius 1 is 1.00 bits per heavy atom. The van der Waals surface area contributed by atoms with Crippen molar-refractivity contribution in [2.75, 3.05) is 7.11 Å². The highest BCUT2D eigenvalue weighted by atomic mass is 16.5. The van der Waals surface area contributed by atoms with Crippen LogP contribution >= 0.6 is 0 Å². The van der Waals surface area contributed by atoms with Crippen molar-refractivity contribution in [2.24, 2.45) is 0 Å². The predicted octanol–water partition coefficient (Wildman–Crippen LogP) is 4.26. The zero-order valence-electron chi connectivity index (χ0n) is 13.3. The molecule has 3 nitrogen and oxygen atoms in total. The third-order valence-electron chi connectivity index (χ3n) is 4.64. The van der Waals surface area contributed by atoms with Crippen LogP contribution in [0.2, 0.25) is 0 Å². The van der Waals surface area contributed by atoms with Gasteiger partial charge in [0.25, 0.3) is 0 Å². The van der Waals surface area contributed by atoms with Gasteiger partial charge in [0.15, 0.2) is 0 Å². The van der Waals surface area contributed by atoms with Crippen LogP contribution in [-0.2, 0) is 13.0 Å². The number of aryl methyl sites for hydroxylation is 1. The molecule has 1 N–H and O–H groups in total. The summed E-state index contributed by atoms with van der Waals surface area (Å²) in [7, 11) is 1.68. The Bertz CT molecular complexity index is 967. The average Bonchev–Trinajstić information content (AvgIpc) is 3.13. The molecule has 0 bridgehead atoms. The van der Waals surface area contributed by atoms with Crippen LogP contribution in [0.15, 0.2) is 48.5 Å².